The van der Waals surface area contributed by atoms with E-state index in [1.807, 2.05) is 0 Å². The Morgan fingerprint density at radius 1 is 1.04 bits per heavy atom. The second kappa shape index (κ2) is 9.30. The van der Waals surface area contributed by atoms with Gasteiger partial charge in [-0.25, -0.2) is 0 Å². The molecule has 0 saturated carbocycles. The van der Waals surface area contributed by atoms with Crippen molar-refractivity contribution in [2.24, 2.45) is 5.41 Å². The number of fused-ring (bicyclic) bond motifs is 1. The van der Waals surface area contributed by atoms with Crippen molar-refractivity contribution < 1.29 is 28.7 Å². The topological polar surface area (TPSA) is 90.0 Å². The molecule has 0 spiro atoms. The quantitative estimate of drug-likeness (QED) is 0.265. The van der Waals surface area contributed by atoms with Crippen molar-refractivity contribution in [1.82, 2.24) is 4.90 Å². The Morgan fingerprint density at radius 3 is 1.96 bits per heavy atom. The third-order valence-electron chi connectivity index (χ3n) is 4.69. The molecule has 2 rings (SSSR count). The molecule has 1 aromatic carbocycles. The summed E-state index contributed by atoms with van der Waals surface area (Å²) in [5, 5.41) is 0. The fraction of sp³-hybridized carbons (Fsp3) is 0.429. The number of hydrogen-bond donors (Lipinski definition) is 0. The number of imide groups is 1. The minimum absolute atomic E-state index is 0.0484. The second-order valence-corrected chi connectivity index (χ2v) is 6.43. The molecular formula is C21H25NO6. The molecule has 7 nitrogen and oxygen atoms in total. The summed E-state index contributed by atoms with van der Waals surface area (Å²) in [6.07, 6.45) is 1.84. The van der Waals surface area contributed by atoms with E-state index in [2.05, 4.69) is 6.58 Å². The maximum absolute atomic E-state index is 12.6. The highest BCUT2D eigenvalue weighted by Gasteiger charge is 2.47. The number of rotatable bonds is 10. The average Bonchev–Trinajstić information content (AvgIpc) is 2.92. The Labute approximate surface area is 164 Å². The normalized spacial score (nSPS) is 13.3. The number of carbonyl (C=O) groups excluding carboxylic acids is 4. The molecule has 0 N–H and O–H groups in total. The molecule has 7 heteroatoms. The molecule has 1 aliphatic rings. The molecule has 0 fully saturated rings. The van der Waals surface area contributed by atoms with Gasteiger partial charge in [-0.15, -0.1) is 6.58 Å². The summed E-state index contributed by atoms with van der Waals surface area (Å²) in [7, 11) is 0. The van der Waals surface area contributed by atoms with Crippen molar-refractivity contribution in [3.05, 3.63) is 48.0 Å². The van der Waals surface area contributed by atoms with Crippen LogP contribution in [0.1, 0.15) is 53.8 Å². The first-order valence-electron chi connectivity index (χ1n) is 9.33. The van der Waals surface area contributed by atoms with Gasteiger partial charge < -0.3 is 9.47 Å². The highest BCUT2D eigenvalue weighted by atomic mass is 16.6. The van der Waals surface area contributed by atoms with Gasteiger partial charge in [-0.3, -0.25) is 24.1 Å². The van der Waals surface area contributed by atoms with E-state index in [1.165, 1.54) is 6.08 Å². The van der Waals surface area contributed by atoms with Crippen molar-refractivity contribution in [1.29, 1.82) is 0 Å². The molecule has 1 aromatic rings. The van der Waals surface area contributed by atoms with Crippen LogP contribution in [0.4, 0.5) is 0 Å². The third kappa shape index (κ3) is 3.98. The summed E-state index contributed by atoms with van der Waals surface area (Å²) in [6, 6.07) is 6.61. The summed E-state index contributed by atoms with van der Waals surface area (Å²) < 4.78 is 10.2. The van der Waals surface area contributed by atoms with Gasteiger partial charge in [0, 0.05) is 6.54 Å². The largest absolute Gasteiger partial charge is 0.465 e. The molecular weight excluding hydrogens is 362 g/mol. The van der Waals surface area contributed by atoms with Gasteiger partial charge in [0.15, 0.2) is 5.41 Å². The predicted molar refractivity (Wildman–Crippen MR) is 102 cm³/mol. The van der Waals surface area contributed by atoms with Gasteiger partial charge in [0.1, 0.15) is 0 Å². The Kier molecular flexibility index (Phi) is 7.09. The molecule has 0 bridgehead atoms. The van der Waals surface area contributed by atoms with Crippen LogP contribution in [0.25, 0.3) is 0 Å². The van der Waals surface area contributed by atoms with E-state index in [-0.39, 0.29) is 50.8 Å². The first-order valence-corrected chi connectivity index (χ1v) is 9.33. The highest BCUT2D eigenvalue weighted by molar-refractivity contribution is 6.21. The SMILES string of the molecule is C=CCC(CCCN1C(=O)c2ccccc2C1=O)(C(=O)OCC)C(=O)OCC. The third-order valence-corrected chi connectivity index (χ3v) is 4.69. The number of esters is 2. The van der Waals surface area contributed by atoms with E-state index in [4.69, 9.17) is 9.47 Å². The molecule has 0 atom stereocenters. The zero-order valence-electron chi connectivity index (χ0n) is 16.2. The van der Waals surface area contributed by atoms with Gasteiger partial charge in [-0.05, 0) is 45.2 Å². The maximum Gasteiger partial charge on any atom is 0.323 e. The fourth-order valence-electron chi connectivity index (χ4n) is 3.32. The van der Waals surface area contributed by atoms with Gasteiger partial charge in [0.05, 0.1) is 24.3 Å². The minimum Gasteiger partial charge on any atom is -0.465 e. The molecule has 0 unspecified atom stereocenters. The lowest BCUT2D eigenvalue weighted by atomic mass is 9.79. The molecule has 0 radical (unpaired) electrons. The smallest absolute Gasteiger partial charge is 0.323 e. The molecule has 0 aromatic heterocycles. The number of benzene rings is 1. The second-order valence-electron chi connectivity index (χ2n) is 6.43. The van der Waals surface area contributed by atoms with E-state index in [0.717, 1.165) is 4.90 Å². The van der Waals surface area contributed by atoms with Crippen molar-refractivity contribution in [2.75, 3.05) is 19.8 Å². The van der Waals surface area contributed by atoms with Crippen molar-refractivity contribution in [3.63, 3.8) is 0 Å². The molecule has 0 aliphatic carbocycles. The summed E-state index contributed by atoms with van der Waals surface area (Å²) in [6.45, 7) is 7.27. The predicted octanol–water partition coefficient (Wildman–Crippen LogP) is 2.75. The molecule has 1 heterocycles. The first-order chi connectivity index (χ1) is 13.4. The number of hydrogen-bond acceptors (Lipinski definition) is 6. The standard InChI is InChI=1S/C21H25NO6/c1-4-12-21(19(25)27-5-2,20(26)28-6-3)13-9-14-22-17(23)15-10-7-8-11-16(15)18(22)24/h4,7-8,10-11H,1,5-6,9,12-14H2,2-3H3. The number of amides is 2. The van der Waals surface area contributed by atoms with E-state index < -0.39 is 17.4 Å². The zero-order valence-corrected chi connectivity index (χ0v) is 16.2. The van der Waals surface area contributed by atoms with Crippen molar-refractivity contribution >= 4 is 23.8 Å². The highest BCUT2D eigenvalue weighted by Crippen LogP contribution is 2.33. The zero-order chi connectivity index (χ0) is 20.7. The van der Waals surface area contributed by atoms with Crippen LogP contribution >= 0.6 is 0 Å². The van der Waals surface area contributed by atoms with Crippen LogP contribution in [0, 0.1) is 5.41 Å². The first kappa shape index (κ1) is 21.3. The van der Waals surface area contributed by atoms with Gasteiger partial charge in [-0.1, -0.05) is 18.2 Å². The van der Waals surface area contributed by atoms with E-state index in [1.54, 1.807) is 38.1 Å². The number of carbonyl (C=O) groups is 4. The van der Waals surface area contributed by atoms with Crippen LogP contribution in [0.15, 0.2) is 36.9 Å². The van der Waals surface area contributed by atoms with E-state index in [9.17, 15) is 19.2 Å². The number of allylic oxidation sites excluding steroid dienone is 1. The van der Waals surface area contributed by atoms with E-state index in [0.29, 0.717) is 11.1 Å². The summed E-state index contributed by atoms with van der Waals surface area (Å²) in [5.74, 6) is -2.11. The molecule has 28 heavy (non-hydrogen) atoms. The van der Waals surface area contributed by atoms with Gasteiger partial charge in [0.25, 0.3) is 11.8 Å². The minimum atomic E-state index is -1.54. The van der Waals surface area contributed by atoms with E-state index >= 15 is 0 Å². The molecule has 0 saturated heterocycles. The lowest BCUT2D eigenvalue weighted by Gasteiger charge is -2.28. The van der Waals surface area contributed by atoms with Gasteiger partial charge in [0.2, 0.25) is 0 Å². The van der Waals surface area contributed by atoms with Crippen molar-refractivity contribution in [3.8, 4) is 0 Å². The number of ether oxygens (including phenoxy) is 2. The molecule has 1 aliphatic heterocycles. The fourth-order valence-corrected chi connectivity index (χ4v) is 3.32. The van der Waals surface area contributed by atoms with Crippen LogP contribution in [0.5, 0.6) is 0 Å². The van der Waals surface area contributed by atoms with Crippen LogP contribution in [0.3, 0.4) is 0 Å². The lowest BCUT2D eigenvalue weighted by Crippen LogP contribution is -2.43. The van der Waals surface area contributed by atoms with Gasteiger partial charge in [-0.2, -0.15) is 0 Å². The monoisotopic (exact) mass is 387 g/mol. The Morgan fingerprint density at radius 2 is 1.54 bits per heavy atom. The van der Waals surface area contributed by atoms with Crippen LogP contribution in [-0.2, 0) is 19.1 Å². The van der Waals surface area contributed by atoms with Gasteiger partial charge >= 0.3 is 11.9 Å². The molecule has 2 amide bonds. The summed E-state index contributed by atoms with van der Waals surface area (Å²) in [5.41, 5.74) is -0.812. The molecule has 150 valence electrons. The number of nitrogens with zero attached hydrogens (tertiary/aromatic N) is 1. The lowest BCUT2D eigenvalue weighted by molar-refractivity contribution is -0.172. The Balaban J connectivity index is 2.16. The van der Waals surface area contributed by atoms with Crippen LogP contribution < -0.4 is 0 Å². The summed E-state index contributed by atoms with van der Waals surface area (Å²) >= 11 is 0. The Hall–Kier alpha value is -2.96. The van der Waals surface area contributed by atoms with Crippen LogP contribution in [-0.4, -0.2) is 48.4 Å². The van der Waals surface area contributed by atoms with Crippen LogP contribution in [0.2, 0.25) is 0 Å². The Bertz CT molecular complexity index is 732. The summed E-state index contributed by atoms with van der Waals surface area (Å²) in [4.78, 5) is 51.2. The maximum atomic E-state index is 12.6. The average molecular weight is 387 g/mol. The van der Waals surface area contributed by atoms with Crippen molar-refractivity contribution in [2.45, 2.75) is 33.1 Å².